The smallest absolute Gasteiger partial charge is 0.254 e. The van der Waals surface area contributed by atoms with Gasteiger partial charge < -0.3 is 15.0 Å². The number of piperazine rings is 1. The molecule has 2 aliphatic rings. The summed E-state index contributed by atoms with van der Waals surface area (Å²) in [6.45, 7) is 5.35. The molecule has 1 aliphatic carbocycles. The van der Waals surface area contributed by atoms with Crippen LogP contribution in [-0.4, -0.2) is 43.1 Å². The second kappa shape index (κ2) is 8.52. The van der Waals surface area contributed by atoms with E-state index >= 15 is 0 Å². The number of carbonyl (C=O) groups is 1. The maximum atomic E-state index is 12.7. The number of nitrogens with zero attached hydrogens (tertiary/aromatic N) is 1. The summed E-state index contributed by atoms with van der Waals surface area (Å²) in [7, 11) is 0. The number of nitrogens with one attached hydrogen (secondary N) is 1. The first-order valence-corrected chi connectivity index (χ1v) is 9.48. The molecular formula is C20H30N2O2. The number of hydrogen-bond acceptors (Lipinski definition) is 3. The van der Waals surface area contributed by atoms with Crippen molar-refractivity contribution in [2.75, 3.05) is 26.2 Å². The Labute approximate surface area is 145 Å². The summed E-state index contributed by atoms with van der Waals surface area (Å²) < 4.78 is 5.93. The van der Waals surface area contributed by atoms with Gasteiger partial charge in [-0.05, 0) is 37.5 Å². The maximum absolute atomic E-state index is 12.7. The van der Waals surface area contributed by atoms with E-state index < -0.39 is 0 Å². The van der Waals surface area contributed by atoms with E-state index in [1.54, 1.807) is 0 Å². The molecule has 1 saturated carbocycles. The van der Waals surface area contributed by atoms with Crippen molar-refractivity contribution in [3.63, 3.8) is 0 Å². The zero-order chi connectivity index (χ0) is 16.8. The molecule has 4 nitrogen and oxygen atoms in total. The third-order valence-corrected chi connectivity index (χ3v) is 5.36. The van der Waals surface area contributed by atoms with Crippen LogP contribution in [0.5, 0.6) is 5.75 Å². The molecule has 1 aromatic rings. The van der Waals surface area contributed by atoms with Gasteiger partial charge in [0.2, 0.25) is 0 Å². The summed E-state index contributed by atoms with van der Waals surface area (Å²) in [5.41, 5.74) is 0.735. The van der Waals surface area contributed by atoms with Gasteiger partial charge in [0.05, 0.1) is 6.61 Å². The summed E-state index contributed by atoms with van der Waals surface area (Å²) in [5.74, 6) is 1.76. The van der Waals surface area contributed by atoms with E-state index in [1.807, 2.05) is 29.2 Å². The first kappa shape index (κ1) is 17.3. The number of rotatable bonds is 5. The zero-order valence-corrected chi connectivity index (χ0v) is 14.8. The Kier molecular flexibility index (Phi) is 6.13. The Balaban J connectivity index is 1.54. The fourth-order valence-corrected chi connectivity index (χ4v) is 3.85. The molecule has 0 radical (unpaired) electrons. The molecule has 4 heteroatoms. The second-order valence-corrected chi connectivity index (χ2v) is 7.22. The highest BCUT2D eigenvalue weighted by Gasteiger charge is 2.24. The lowest BCUT2D eigenvalue weighted by Gasteiger charge is -2.34. The highest BCUT2D eigenvalue weighted by molar-refractivity contribution is 5.94. The van der Waals surface area contributed by atoms with Gasteiger partial charge in [-0.1, -0.05) is 38.2 Å². The van der Waals surface area contributed by atoms with Crippen molar-refractivity contribution < 1.29 is 9.53 Å². The molecule has 1 aliphatic heterocycles. The van der Waals surface area contributed by atoms with Gasteiger partial charge in [-0.25, -0.2) is 0 Å². The van der Waals surface area contributed by atoms with Crippen molar-refractivity contribution in [3.8, 4) is 5.75 Å². The van der Waals surface area contributed by atoms with Gasteiger partial charge >= 0.3 is 0 Å². The number of benzene rings is 1. The Morgan fingerprint density at radius 2 is 2.12 bits per heavy atom. The van der Waals surface area contributed by atoms with Crippen molar-refractivity contribution in [3.05, 3.63) is 29.8 Å². The molecule has 132 valence electrons. The lowest BCUT2D eigenvalue weighted by Crippen LogP contribution is -2.52. The average Bonchev–Trinajstić information content (AvgIpc) is 2.63. The minimum Gasteiger partial charge on any atom is -0.494 e. The number of ether oxygens (including phenoxy) is 1. The van der Waals surface area contributed by atoms with Crippen LogP contribution >= 0.6 is 0 Å². The molecule has 1 unspecified atom stereocenters. The minimum atomic E-state index is 0.113. The van der Waals surface area contributed by atoms with Crippen molar-refractivity contribution in [2.45, 2.75) is 51.5 Å². The highest BCUT2D eigenvalue weighted by Crippen LogP contribution is 2.26. The maximum Gasteiger partial charge on any atom is 0.254 e. The van der Waals surface area contributed by atoms with Gasteiger partial charge in [0.1, 0.15) is 5.75 Å². The van der Waals surface area contributed by atoms with Crippen LogP contribution in [0.25, 0.3) is 0 Å². The quantitative estimate of drug-likeness (QED) is 0.899. The Bertz CT molecular complexity index is 540. The monoisotopic (exact) mass is 330 g/mol. The standard InChI is InChI=1S/C20H30N2O2/c1-16-15-21-11-12-22(16)20(23)18-8-5-9-19(14-18)24-13-10-17-6-3-2-4-7-17/h5,8-9,14,16-17,21H,2-4,6-7,10-13,15H2,1H3. The van der Waals surface area contributed by atoms with Gasteiger partial charge in [-0.15, -0.1) is 0 Å². The summed E-state index contributed by atoms with van der Waals surface area (Å²) in [4.78, 5) is 14.7. The minimum absolute atomic E-state index is 0.113. The lowest BCUT2D eigenvalue weighted by molar-refractivity contribution is 0.0655. The summed E-state index contributed by atoms with van der Waals surface area (Å²) >= 11 is 0. The van der Waals surface area contributed by atoms with Crippen LogP contribution < -0.4 is 10.1 Å². The number of hydrogen-bond donors (Lipinski definition) is 1. The third kappa shape index (κ3) is 4.50. The molecule has 2 fully saturated rings. The van der Waals surface area contributed by atoms with E-state index in [2.05, 4.69) is 12.2 Å². The largest absolute Gasteiger partial charge is 0.494 e. The molecule has 1 aromatic carbocycles. The van der Waals surface area contributed by atoms with Crippen LogP contribution in [0.4, 0.5) is 0 Å². The van der Waals surface area contributed by atoms with E-state index in [0.717, 1.165) is 49.9 Å². The van der Waals surface area contributed by atoms with Crippen LogP contribution in [0, 0.1) is 5.92 Å². The molecule has 1 atom stereocenters. The predicted octanol–water partition coefficient (Wildman–Crippen LogP) is 3.47. The van der Waals surface area contributed by atoms with E-state index in [1.165, 1.54) is 32.1 Å². The van der Waals surface area contributed by atoms with Gasteiger partial charge in [0.15, 0.2) is 0 Å². The summed E-state index contributed by atoms with van der Waals surface area (Å²) in [6.07, 6.45) is 7.97. The van der Waals surface area contributed by atoms with Crippen LogP contribution in [0.2, 0.25) is 0 Å². The molecule has 1 N–H and O–H groups in total. The van der Waals surface area contributed by atoms with Gasteiger partial charge in [-0.3, -0.25) is 4.79 Å². The molecule has 1 amide bonds. The van der Waals surface area contributed by atoms with Crippen LogP contribution in [0.15, 0.2) is 24.3 Å². The first-order valence-electron chi connectivity index (χ1n) is 9.48. The van der Waals surface area contributed by atoms with E-state index in [-0.39, 0.29) is 11.9 Å². The van der Waals surface area contributed by atoms with Gasteiger partial charge in [0, 0.05) is 31.2 Å². The number of carbonyl (C=O) groups excluding carboxylic acids is 1. The lowest BCUT2D eigenvalue weighted by atomic mass is 9.87. The zero-order valence-electron chi connectivity index (χ0n) is 14.8. The van der Waals surface area contributed by atoms with E-state index in [9.17, 15) is 4.79 Å². The first-order chi connectivity index (χ1) is 11.7. The normalized spacial score (nSPS) is 22.4. The van der Waals surface area contributed by atoms with Crippen molar-refractivity contribution >= 4 is 5.91 Å². The van der Waals surface area contributed by atoms with Crippen molar-refractivity contribution in [1.82, 2.24) is 10.2 Å². The summed E-state index contributed by atoms with van der Waals surface area (Å²) in [5, 5.41) is 3.32. The predicted molar refractivity (Wildman–Crippen MR) is 96.5 cm³/mol. The molecule has 0 bridgehead atoms. The Hall–Kier alpha value is -1.55. The highest BCUT2D eigenvalue weighted by atomic mass is 16.5. The van der Waals surface area contributed by atoms with E-state index in [0.29, 0.717) is 0 Å². The molecule has 0 aromatic heterocycles. The molecular weight excluding hydrogens is 300 g/mol. The van der Waals surface area contributed by atoms with Gasteiger partial charge in [-0.2, -0.15) is 0 Å². The average molecular weight is 330 g/mol. The molecule has 3 rings (SSSR count). The molecule has 1 saturated heterocycles. The van der Waals surface area contributed by atoms with E-state index in [4.69, 9.17) is 4.74 Å². The summed E-state index contributed by atoms with van der Waals surface area (Å²) in [6, 6.07) is 7.92. The van der Waals surface area contributed by atoms with Gasteiger partial charge in [0.25, 0.3) is 5.91 Å². The molecule has 24 heavy (non-hydrogen) atoms. The van der Waals surface area contributed by atoms with Crippen LogP contribution in [0.3, 0.4) is 0 Å². The van der Waals surface area contributed by atoms with Crippen molar-refractivity contribution in [1.29, 1.82) is 0 Å². The Morgan fingerprint density at radius 1 is 1.29 bits per heavy atom. The van der Waals surface area contributed by atoms with Crippen LogP contribution in [-0.2, 0) is 0 Å². The fraction of sp³-hybridized carbons (Fsp3) is 0.650. The molecule has 1 heterocycles. The van der Waals surface area contributed by atoms with Crippen LogP contribution in [0.1, 0.15) is 55.8 Å². The molecule has 0 spiro atoms. The number of amides is 1. The third-order valence-electron chi connectivity index (χ3n) is 5.36. The SMILES string of the molecule is CC1CNCCN1C(=O)c1cccc(OCCC2CCCCC2)c1. The van der Waals surface area contributed by atoms with Crippen molar-refractivity contribution in [2.24, 2.45) is 5.92 Å². The fourth-order valence-electron chi connectivity index (χ4n) is 3.85. The second-order valence-electron chi connectivity index (χ2n) is 7.22. The Morgan fingerprint density at radius 3 is 2.92 bits per heavy atom. The topological polar surface area (TPSA) is 41.6 Å².